The molecule has 2 amide bonds. The lowest BCUT2D eigenvalue weighted by atomic mass is 9.97. The molecule has 5 heteroatoms. The van der Waals surface area contributed by atoms with Crippen LogP contribution in [0.15, 0.2) is 24.4 Å². The van der Waals surface area contributed by atoms with Crippen LogP contribution in [0.5, 0.6) is 0 Å². The zero-order valence-corrected chi connectivity index (χ0v) is 12.6. The van der Waals surface area contributed by atoms with Gasteiger partial charge in [0.2, 0.25) is 0 Å². The molecule has 1 fully saturated rings. The fourth-order valence-electron chi connectivity index (χ4n) is 2.13. The van der Waals surface area contributed by atoms with Gasteiger partial charge in [0.05, 0.1) is 0 Å². The number of nitrogens with one attached hydrogen (secondary N) is 1. The molecule has 0 spiro atoms. The molecule has 0 radical (unpaired) electrons. The normalized spacial score (nSPS) is 16.1. The Morgan fingerprint density at radius 2 is 1.95 bits per heavy atom. The van der Waals surface area contributed by atoms with Crippen molar-refractivity contribution in [3.05, 3.63) is 24.4 Å². The Morgan fingerprint density at radius 1 is 1.25 bits per heavy atom. The number of nitrogens with zero attached hydrogens (tertiary/aromatic N) is 3. The second-order valence-electron chi connectivity index (χ2n) is 6.38. The van der Waals surface area contributed by atoms with Crippen molar-refractivity contribution in [2.75, 3.05) is 37.6 Å². The summed E-state index contributed by atoms with van der Waals surface area (Å²) < 4.78 is 0. The average Bonchev–Trinajstić information content (AvgIpc) is 2.45. The highest BCUT2D eigenvalue weighted by Gasteiger charge is 2.22. The van der Waals surface area contributed by atoms with E-state index in [0.29, 0.717) is 6.54 Å². The quantitative estimate of drug-likeness (QED) is 0.898. The summed E-state index contributed by atoms with van der Waals surface area (Å²) in [6.07, 6.45) is 1.80. The van der Waals surface area contributed by atoms with E-state index in [2.05, 4.69) is 36.0 Å². The van der Waals surface area contributed by atoms with Crippen LogP contribution < -0.4 is 10.2 Å². The third-order valence-electron chi connectivity index (χ3n) is 3.31. The lowest BCUT2D eigenvalue weighted by Crippen LogP contribution is -2.52. The molecule has 0 atom stereocenters. The van der Waals surface area contributed by atoms with Crippen molar-refractivity contribution >= 4 is 11.8 Å². The molecule has 2 rings (SSSR count). The first-order valence-corrected chi connectivity index (χ1v) is 7.14. The highest BCUT2D eigenvalue weighted by molar-refractivity contribution is 5.74. The van der Waals surface area contributed by atoms with Crippen LogP contribution >= 0.6 is 0 Å². The summed E-state index contributed by atoms with van der Waals surface area (Å²) in [7, 11) is 0. The molecule has 1 aliphatic heterocycles. The van der Waals surface area contributed by atoms with Crippen molar-refractivity contribution in [2.24, 2.45) is 5.41 Å². The van der Waals surface area contributed by atoms with E-state index < -0.39 is 0 Å². The molecule has 0 saturated carbocycles. The van der Waals surface area contributed by atoms with E-state index in [9.17, 15) is 4.79 Å². The molecule has 1 N–H and O–H groups in total. The van der Waals surface area contributed by atoms with E-state index in [4.69, 9.17) is 0 Å². The average molecular weight is 276 g/mol. The predicted molar refractivity (Wildman–Crippen MR) is 80.9 cm³/mol. The van der Waals surface area contributed by atoms with Gasteiger partial charge in [0.25, 0.3) is 0 Å². The molecule has 5 nitrogen and oxygen atoms in total. The number of hydrogen-bond acceptors (Lipinski definition) is 3. The Labute approximate surface area is 121 Å². The maximum atomic E-state index is 12.1. The van der Waals surface area contributed by atoms with Gasteiger partial charge in [0.15, 0.2) is 0 Å². The molecular formula is C15H24N4O. The summed E-state index contributed by atoms with van der Waals surface area (Å²) in [6.45, 7) is 10.2. The molecule has 20 heavy (non-hydrogen) atoms. The Balaban J connectivity index is 1.81. The van der Waals surface area contributed by atoms with Crippen molar-refractivity contribution in [1.82, 2.24) is 15.2 Å². The van der Waals surface area contributed by atoms with Crippen molar-refractivity contribution < 1.29 is 4.79 Å². The highest BCUT2D eigenvalue weighted by atomic mass is 16.2. The fourth-order valence-corrected chi connectivity index (χ4v) is 2.13. The summed E-state index contributed by atoms with van der Waals surface area (Å²) >= 11 is 0. The number of carbonyl (C=O) groups excluding carboxylic acids is 1. The Morgan fingerprint density at radius 3 is 2.50 bits per heavy atom. The van der Waals surface area contributed by atoms with Crippen LogP contribution in [0.2, 0.25) is 0 Å². The molecule has 1 saturated heterocycles. The van der Waals surface area contributed by atoms with Crippen LogP contribution in [0.1, 0.15) is 20.8 Å². The lowest BCUT2D eigenvalue weighted by Gasteiger charge is -2.35. The van der Waals surface area contributed by atoms with E-state index in [-0.39, 0.29) is 11.4 Å². The molecule has 0 bridgehead atoms. The Bertz CT molecular complexity index is 433. The third kappa shape index (κ3) is 4.11. The molecule has 0 unspecified atom stereocenters. The lowest BCUT2D eigenvalue weighted by molar-refractivity contribution is 0.189. The molecule has 2 heterocycles. The number of aromatic nitrogens is 1. The molecule has 1 aromatic rings. The summed E-state index contributed by atoms with van der Waals surface area (Å²) in [5.41, 5.74) is 0.117. The van der Waals surface area contributed by atoms with Crippen LogP contribution in [0.3, 0.4) is 0 Å². The minimum absolute atomic E-state index is 0.0422. The third-order valence-corrected chi connectivity index (χ3v) is 3.31. The monoisotopic (exact) mass is 276 g/mol. The molecule has 0 aliphatic carbocycles. The Hall–Kier alpha value is -1.78. The fraction of sp³-hybridized carbons (Fsp3) is 0.600. The highest BCUT2D eigenvalue weighted by Crippen LogP contribution is 2.13. The molecule has 1 aliphatic rings. The first-order valence-electron chi connectivity index (χ1n) is 7.14. The number of piperazine rings is 1. The van der Waals surface area contributed by atoms with Crippen LogP contribution in [0, 0.1) is 5.41 Å². The van der Waals surface area contributed by atoms with Gasteiger partial charge in [0.1, 0.15) is 5.82 Å². The number of anilines is 1. The van der Waals surface area contributed by atoms with Gasteiger partial charge in [-0.05, 0) is 17.5 Å². The molecule has 1 aromatic heterocycles. The minimum Gasteiger partial charge on any atom is -0.353 e. The van der Waals surface area contributed by atoms with Crippen LogP contribution in [0.25, 0.3) is 0 Å². The van der Waals surface area contributed by atoms with Gasteiger partial charge in [-0.3, -0.25) is 0 Å². The van der Waals surface area contributed by atoms with Crippen molar-refractivity contribution in [2.45, 2.75) is 20.8 Å². The van der Waals surface area contributed by atoms with E-state index >= 15 is 0 Å². The zero-order valence-electron chi connectivity index (χ0n) is 12.6. The van der Waals surface area contributed by atoms with Gasteiger partial charge in [-0.25, -0.2) is 9.78 Å². The van der Waals surface area contributed by atoms with Gasteiger partial charge >= 0.3 is 6.03 Å². The SMILES string of the molecule is CC(C)(C)CNC(=O)N1CCN(c2ccccn2)CC1. The maximum absolute atomic E-state index is 12.1. The summed E-state index contributed by atoms with van der Waals surface area (Å²) in [4.78, 5) is 20.5. The van der Waals surface area contributed by atoms with Gasteiger partial charge in [-0.2, -0.15) is 0 Å². The number of carbonyl (C=O) groups is 1. The predicted octanol–water partition coefficient (Wildman–Crippen LogP) is 1.96. The van der Waals surface area contributed by atoms with Crippen LogP contribution in [-0.2, 0) is 0 Å². The first kappa shape index (κ1) is 14.6. The van der Waals surface area contributed by atoms with E-state index in [1.807, 2.05) is 23.1 Å². The first-order chi connectivity index (χ1) is 9.46. The van der Waals surface area contributed by atoms with Crippen LogP contribution in [0.4, 0.5) is 10.6 Å². The maximum Gasteiger partial charge on any atom is 0.317 e. The second kappa shape index (κ2) is 6.11. The van der Waals surface area contributed by atoms with Gasteiger partial charge < -0.3 is 15.1 Å². The largest absolute Gasteiger partial charge is 0.353 e. The zero-order chi connectivity index (χ0) is 14.6. The van der Waals surface area contributed by atoms with E-state index in [1.54, 1.807) is 6.20 Å². The van der Waals surface area contributed by atoms with Crippen LogP contribution in [-0.4, -0.2) is 48.6 Å². The second-order valence-corrected chi connectivity index (χ2v) is 6.38. The summed E-state index contributed by atoms with van der Waals surface area (Å²) in [6, 6.07) is 5.96. The van der Waals surface area contributed by atoms with Crippen molar-refractivity contribution in [3.8, 4) is 0 Å². The molecule has 110 valence electrons. The standard InChI is InChI=1S/C15H24N4O/c1-15(2,3)12-17-14(20)19-10-8-18(9-11-19)13-6-4-5-7-16-13/h4-7H,8-12H2,1-3H3,(H,17,20). The number of rotatable bonds is 2. The summed E-state index contributed by atoms with van der Waals surface area (Å²) in [5.74, 6) is 0.988. The summed E-state index contributed by atoms with van der Waals surface area (Å²) in [5, 5.41) is 3.00. The van der Waals surface area contributed by atoms with Gasteiger partial charge in [-0.15, -0.1) is 0 Å². The van der Waals surface area contributed by atoms with Gasteiger partial charge in [-0.1, -0.05) is 26.8 Å². The Kier molecular flexibility index (Phi) is 4.47. The number of urea groups is 1. The molecular weight excluding hydrogens is 252 g/mol. The van der Waals surface area contributed by atoms with Crippen molar-refractivity contribution in [1.29, 1.82) is 0 Å². The van der Waals surface area contributed by atoms with Gasteiger partial charge in [0, 0.05) is 38.9 Å². The minimum atomic E-state index is 0.0422. The van der Waals surface area contributed by atoms with Crippen molar-refractivity contribution in [3.63, 3.8) is 0 Å². The van der Waals surface area contributed by atoms with E-state index in [1.165, 1.54) is 0 Å². The molecule has 0 aromatic carbocycles. The topological polar surface area (TPSA) is 48.5 Å². The smallest absolute Gasteiger partial charge is 0.317 e. The number of amides is 2. The number of hydrogen-bond donors (Lipinski definition) is 1. The number of pyridine rings is 1. The van der Waals surface area contributed by atoms with E-state index in [0.717, 1.165) is 32.0 Å².